The van der Waals surface area contributed by atoms with E-state index in [1.807, 2.05) is 91.9 Å². The van der Waals surface area contributed by atoms with Crippen molar-refractivity contribution < 1.29 is 4.79 Å². The maximum Gasteiger partial charge on any atom is 0.267 e. The number of nitrogens with zero attached hydrogens (tertiary/aromatic N) is 1. The lowest BCUT2D eigenvalue weighted by Gasteiger charge is -2.10. The summed E-state index contributed by atoms with van der Waals surface area (Å²) < 4.78 is 0. The smallest absolute Gasteiger partial charge is 0.267 e. The number of fused-ring (bicyclic) bond motifs is 1. The van der Waals surface area contributed by atoms with Crippen LogP contribution in [0.4, 0.5) is 11.4 Å². The molecule has 3 aromatic carbocycles. The highest BCUT2D eigenvalue weighted by Crippen LogP contribution is 2.43. The van der Waals surface area contributed by atoms with Crippen molar-refractivity contribution >= 4 is 50.4 Å². The Hall–Kier alpha value is -3.67. The zero-order chi connectivity index (χ0) is 22.9. The van der Waals surface area contributed by atoms with Gasteiger partial charge in [0, 0.05) is 27.2 Å². The number of benzene rings is 3. The number of nitrogens with two attached hydrogens (primary N) is 1. The normalized spacial score (nSPS) is 11.0. The fourth-order valence-corrected chi connectivity index (χ4v) is 5.10. The predicted molar refractivity (Wildman–Crippen MR) is 139 cm³/mol. The second kappa shape index (κ2) is 8.70. The Labute approximate surface area is 200 Å². The minimum absolute atomic E-state index is 0.257. The van der Waals surface area contributed by atoms with Crippen molar-refractivity contribution in [3.63, 3.8) is 0 Å². The van der Waals surface area contributed by atoms with Crippen molar-refractivity contribution in [1.82, 2.24) is 4.98 Å². The van der Waals surface area contributed by atoms with Gasteiger partial charge in [-0.2, -0.15) is 0 Å². The highest BCUT2D eigenvalue weighted by Gasteiger charge is 2.22. The molecule has 162 valence electrons. The van der Waals surface area contributed by atoms with Gasteiger partial charge in [0.2, 0.25) is 0 Å². The van der Waals surface area contributed by atoms with E-state index in [0.29, 0.717) is 20.4 Å². The summed E-state index contributed by atoms with van der Waals surface area (Å²) in [6, 6.07) is 27.2. The average molecular weight is 470 g/mol. The number of hydrogen-bond acceptors (Lipinski definition) is 4. The second-order valence-electron chi connectivity index (χ2n) is 7.75. The zero-order valence-corrected chi connectivity index (χ0v) is 19.4. The van der Waals surface area contributed by atoms with Crippen LogP contribution in [0.5, 0.6) is 0 Å². The lowest BCUT2D eigenvalue weighted by atomic mass is 9.99. The van der Waals surface area contributed by atoms with E-state index in [1.165, 1.54) is 11.3 Å². The molecule has 6 heteroatoms. The summed E-state index contributed by atoms with van der Waals surface area (Å²) in [7, 11) is 0. The highest BCUT2D eigenvalue weighted by molar-refractivity contribution is 7.21. The first-order chi connectivity index (χ1) is 16.0. The van der Waals surface area contributed by atoms with Crippen molar-refractivity contribution in [3.05, 3.63) is 100 Å². The van der Waals surface area contributed by atoms with Crippen LogP contribution >= 0.6 is 22.9 Å². The number of hydrogen-bond donors (Lipinski definition) is 2. The number of amides is 1. The molecule has 0 bridgehead atoms. The quantitative estimate of drug-likeness (QED) is 0.287. The molecule has 5 rings (SSSR count). The van der Waals surface area contributed by atoms with Gasteiger partial charge in [0.15, 0.2) is 0 Å². The van der Waals surface area contributed by atoms with Crippen molar-refractivity contribution in [2.75, 3.05) is 11.1 Å². The molecule has 3 N–H and O–H groups in total. The van der Waals surface area contributed by atoms with Gasteiger partial charge in [-0.05, 0) is 42.3 Å². The number of aromatic nitrogens is 1. The molecule has 2 aromatic heterocycles. The zero-order valence-electron chi connectivity index (χ0n) is 17.8. The first kappa shape index (κ1) is 21.2. The summed E-state index contributed by atoms with van der Waals surface area (Å²) in [6.45, 7) is 1.98. The summed E-state index contributed by atoms with van der Waals surface area (Å²) in [5, 5.41) is 4.30. The van der Waals surface area contributed by atoms with E-state index in [4.69, 9.17) is 22.3 Å². The molecule has 4 nitrogen and oxygen atoms in total. The molecule has 0 radical (unpaired) electrons. The molecule has 0 saturated carbocycles. The van der Waals surface area contributed by atoms with Crippen LogP contribution in [-0.4, -0.2) is 10.9 Å². The van der Waals surface area contributed by atoms with Crippen LogP contribution < -0.4 is 11.1 Å². The Morgan fingerprint density at radius 3 is 2.45 bits per heavy atom. The van der Waals surface area contributed by atoms with Gasteiger partial charge in [-0.25, -0.2) is 4.98 Å². The minimum atomic E-state index is -0.257. The Morgan fingerprint density at radius 1 is 0.939 bits per heavy atom. The van der Waals surface area contributed by atoms with E-state index in [0.717, 1.165) is 39.0 Å². The SMILES string of the molecule is Cc1cccc(NC(=O)c2sc3nc(-c4ccccc4)cc(-c4ccccc4Cl)c3c2N)c1. The van der Waals surface area contributed by atoms with Crippen LogP contribution in [0.1, 0.15) is 15.2 Å². The van der Waals surface area contributed by atoms with Crippen molar-refractivity contribution in [3.8, 4) is 22.4 Å². The minimum Gasteiger partial charge on any atom is -0.397 e. The molecule has 0 spiro atoms. The molecule has 0 saturated heterocycles. The molecular formula is C27H20ClN3OS. The summed E-state index contributed by atoms with van der Waals surface area (Å²) >= 11 is 7.85. The number of carbonyl (C=O) groups excluding carboxylic acids is 1. The van der Waals surface area contributed by atoms with Crippen LogP contribution in [0.15, 0.2) is 84.9 Å². The molecule has 1 amide bonds. The first-order valence-electron chi connectivity index (χ1n) is 10.4. The van der Waals surface area contributed by atoms with E-state index in [9.17, 15) is 4.79 Å². The molecule has 2 heterocycles. The number of pyridine rings is 1. The number of aryl methyl sites for hydroxylation is 1. The number of rotatable bonds is 4. The van der Waals surface area contributed by atoms with Gasteiger partial charge in [0.25, 0.3) is 5.91 Å². The molecule has 0 aliphatic rings. The van der Waals surface area contributed by atoms with E-state index in [1.54, 1.807) is 0 Å². The maximum absolute atomic E-state index is 13.2. The van der Waals surface area contributed by atoms with E-state index in [-0.39, 0.29) is 5.91 Å². The summed E-state index contributed by atoms with van der Waals surface area (Å²) in [4.78, 5) is 19.1. The third-order valence-electron chi connectivity index (χ3n) is 5.41. The molecule has 0 aliphatic heterocycles. The summed E-state index contributed by atoms with van der Waals surface area (Å²) in [5.41, 5.74) is 12.2. The van der Waals surface area contributed by atoms with Gasteiger partial charge in [-0.15, -0.1) is 11.3 Å². The van der Waals surface area contributed by atoms with Crippen LogP contribution in [0.25, 0.3) is 32.6 Å². The molecule has 0 atom stereocenters. The second-order valence-corrected chi connectivity index (χ2v) is 9.16. The van der Waals surface area contributed by atoms with Crippen molar-refractivity contribution in [2.24, 2.45) is 0 Å². The van der Waals surface area contributed by atoms with Gasteiger partial charge in [0.05, 0.1) is 11.4 Å². The number of nitrogen functional groups attached to an aromatic ring is 1. The van der Waals surface area contributed by atoms with Crippen LogP contribution in [0.3, 0.4) is 0 Å². The van der Waals surface area contributed by atoms with E-state index >= 15 is 0 Å². The third-order valence-corrected chi connectivity index (χ3v) is 6.84. The Bertz CT molecular complexity index is 1490. The molecule has 0 aliphatic carbocycles. The van der Waals surface area contributed by atoms with Crippen molar-refractivity contribution in [2.45, 2.75) is 6.92 Å². The molecule has 5 aromatic rings. The van der Waals surface area contributed by atoms with Gasteiger partial charge >= 0.3 is 0 Å². The number of anilines is 2. The van der Waals surface area contributed by atoms with Gasteiger partial charge in [-0.3, -0.25) is 4.79 Å². The lowest BCUT2D eigenvalue weighted by molar-refractivity contribution is 0.103. The standard InChI is InChI=1S/C27H20ClN3OS/c1-16-8-7-11-18(14-16)30-26(32)25-24(29)23-20(19-12-5-6-13-21(19)28)15-22(31-27(23)33-25)17-9-3-2-4-10-17/h2-15H,29H2,1H3,(H,30,32). The molecule has 0 fully saturated rings. The van der Waals surface area contributed by atoms with Gasteiger partial charge < -0.3 is 11.1 Å². The number of nitrogens with one attached hydrogen (secondary N) is 1. The highest BCUT2D eigenvalue weighted by atomic mass is 35.5. The fourth-order valence-electron chi connectivity index (χ4n) is 3.85. The number of halogens is 1. The molecule has 0 unspecified atom stereocenters. The Kier molecular flexibility index (Phi) is 5.58. The van der Waals surface area contributed by atoms with Gasteiger partial charge in [-0.1, -0.05) is 72.3 Å². The van der Waals surface area contributed by atoms with E-state index < -0.39 is 0 Å². The van der Waals surface area contributed by atoms with Crippen LogP contribution in [0, 0.1) is 6.92 Å². The molecule has 33 heavy (non-hydrogen) atoms. The topological polar surface area (TPSA) is 68.0 Å². The van der Waals surface area contributed by atoms with Crippen LogP contribution in [-0.2, 0) is 0 Å². The Morgan fingerprint density at radius 2 is 1.70 bits per heavy atom. The fraction of sp³-hybridized carbons (Fsp3) is 0.0370. The first-order valence-corrected chi connectivity index (χ1v) is 11.6. The van der Waals surface area contributed by atoms with Crippen LogP contribution in [0.2, 0.25) is 5.02 Å². The maximum atomic E-state index is 13.2. The van der Waals surface area contributed by atoms with Gasteiger partial charge in [0.1, 0.15) is 9.71 Å². The summed E-state index contributed by atoms with van der Waals surface area (Å²) in [6.07, 6.45) is 0. The summed E-state index contributed by atoms with van der Waals surface area (Å²) in [5.74, 6) is -0.257. The average Bonchev–Trinajstić information content (AvgIpc) is 3.16. The monoisotopic (exact) mass is 469 g/mol. The largest absolute Gasteiger partial charge is 0.397 e. The lowest BCUT2D eigenvalue weighted by Crippen LogP contribution is -2.12. The number of thiophene rings is 1. The Balaban J connectivity index is 1.69. The molecular weight excluding hydrogens is 450 g/mol. The predicted octanol–water partition coefficient (Wildman–Crippen LogP) is 7.43. The van der Waals surface area contributed by atoms with E-state index in [2.05, 4.69) is 5.32 Å². The number of carbonyl (C=O) groups is 1. The third kappa shape index (κ3) is 4.09. The van der Waals surface area contributed by atoms with Crippen molar-refractivity contribution in [1.29, 1.82) is 0 Å².